The summed E-state index contributed by atoms with van der Waals surface area (Å²) in [5.74, 6) is -1.53. The van der Waals surface area contributed by atoms with Crippen LogP contribution in [0, 0.1) is 27.2 Å². The van der Waals surface area contributed by atoms with Crippen LogP contribution in [0.1, 0.15) is 41.3 Å². The van der Waals surface area contributed by atoms with Gasteiger partial charge in [-0.05, 0) is 24.5 Å². The van der Waals surface area contributed by atoms with Gasteiger partial charge < -0.3 is 10.1 Å². The van der Waals surface area contributed by atoms with Crippen LogP contribution in [0.15, 0.2) is 36.4 Å². The number of hydrogen-bond acceptors (Lipinski definition) is 7. The number of nitro benzene ring substituents is 2. The van der Waals surface area contributed by atoms with Crippen LogP contribution in [-0.2, 0) is 9.53 Å². The molecule has 1 N–H and O–H groups in total. The molecule has 0 aliphatic heterocycles. The van der Waals surface area contributed by atoms with Crippen molar-refractivity contribution in [2.24, 2.45) is 0 Å². The van der Waals surface area contributed by atoms with E-state index in [1.54, 1.807) is 12.1 Å². The van der Waals surface area contributed by atoms with Crippen LogP contribution in [0.25, 0.3) is 0 Å². The van der Waals surface area contributed by atoms with Gasteiger partial charge in [-0.2, -0.15) is 0 Å². The molecule has 2 aromatic rings. The van der Waals surface area contributed by atoms with Gasteiger partial charge in [0.05, 0.1) is 15.4 Å². The van der Waals surface area contributed by atoms with Gasteiger partial charge in [0.15, 0.2) is 6.61 Å². The average Bonchev–Trinajstić information content (AvgIpc) is 2.66. The van der Waals surface area contributed by atoms with Gasteiger partial charge in [-0.1, -0.05) is 32.0 Å². The van der Waals surface area contributed by atoms with E-state index in [4.69, 9.17) is 4.74 Å². The predicted molar refractivity (Wildman–Crippen MR) is 104 cm³/mol. The Bertz CT molecular complexity index is 951. The molecule has 0 fully saturated rings. The van der Waals surface area contributed by atoms with Crippen LogP contribution >= 0.6 is 0 Å². The Morgan fingerprint density at radius 3 is 2.14 bits per heavy atom. The van der Waals surface area contributed by atoms with Gasteiger partial charge in [0.25, 0.3) is 17.3 Å². The highest BCUT2D eigenvalue weighted by Gasteiger charge is 2.26. The molecule has 0 aromatic heterocycles. The molecule has 2 rings (SSSR count). The Labute approximate surface area is 165 Å². The maximum absolute atomic E-state index is 12.2. The monoisotopic (exact) mass is 401 g/mol. The number of para-hydroxylation sites is 1. The zero-order chi connectivity index (χ0) is 21.7. The van der Waals surface area contributed by atoms with E-state index in [2.05, 4.69) is 5.32 Å². The summed E-state index contributed by atoms with van der Waals surface area (Å²) in [4.78, 5) is 44.9. The first-order valence-electron chi connectivity index (χ1n) is 8.61. The molecule has 0 saturated carbocycles. The molecule has 0 bridgehead atoms. The molecule has 0 radical (unpaired) electrons. The first-order valence-corrected chi connectivity index (χ1v) is 8.61. The van der Waals surface area contributed by atoms with Crippen LogP contribution in [-0.4, -0.2) is 28.3 Å². The third kappa shape index (κ3) is 5.12. The van der Waals surface area contributed by atoms with Gasteiger partial charge in [-0.15, -0.1) is 0 Å². The predicted octanol–water partition coefficient (Wildman–Crippen LogP) is 3.73. The van der Waals surface area contributed by atoms with Crippen LogP contribution in [0.2, 0.25) is 0 Å². The van der Waals surface area contributed by atoms with Gasteiger partial charge >= 0.3 is 5.97 Å². The molecule has 0 heterocycles. The number of esters is 1. The van der Waals surface area contributed by atoms with E-state index in [0.29, 0.717) is 5.69 Å². The lowest BCUT2D eigenvalue weighted by molar-refractivity contribution is -0.395. The number of rotatable bonds is 7. The zero-order valence-corrected chi connectivity index (χ0v) is 16.0. The molecule has 0 saturated heterocycles. The van der Waals surface area contributed by atoms with Crippen LogP contribution < -0.4 is 5.32 Å². The highest BCUT2D eigenvalue weighted by molar-refractivity contribution is 5.96. The molecule has 2 aromatic carbocycles. The van der Waals surface area contributed by atoms with Crippen molar-refractivity contribution >= 4 is 28.9 Å². The van der Waals surface area contributed by atoms with Crippen molar-refractivity contribution in [2.75, 3.05) is 11.9 Å². The molecule has 0 aliphatic carbocycles. The number of benzene rings is 2. The van der Waals surface area contributed by atoms with E-state index >= 15 is 0 Å². The second-order valence-electron chi connectivity index (χ2n) is 6.52. The molecule has 1 amide bonds. The lowest BCUT2D eigenvalue weighted by Crippen LogP contribution is -2.21. The summed E-state index contributed by atoms with van der Waals surface area (Å²) in [5, 5.41) is 24.8. The fraction of sp³-hybridized carbons (Fsp3) is 0.263. The normalized spacial score (nSPS) is 10.5. The first-order chi connectivity index (χ1) is 13.6. The lowest BCUT2D eigenvalue weighted by atomic mass is 10.0. The number of amides is 1. The molecule has 0 atom stereocenters. The van der Waals surface area contributed by atoms with Gasteiger partial charge in [0.1, 0.15) is 5.56 Å². The van der Waals surface area contributed by atoms with E-state index in [1.165, 1.54) is 6.92 Å². The average molecular weight is 401 g/mol. The van der Waals surface area contributed by atoms with Crippen molar-refractivity contribution in [1.29, 1.82) is 0 Å². The van der Waals surface area contributed by atoms with Gasteiger partial charge in [-0.25, -0.2) is 4.79 Å². The first kappa shape index (κ1) is 21.5. The van der Waals surface area contributed by atoms with Crippen molar-refractivity contribution in [2.45, 2.75) is 26.7 Å². The molecule has 10 heteroatoms. The molecule has 0 aliphatic rings. The third-order valence-corrected chi connectivity index (χ3v) is 4.17. The van der Waals surface area contributed by atoms with Crippen molar-refractivity contribution in [3.63, 3.8) is 0 Å². The smallest absolute Gasteiger partial charge is 0.339 e. The topological polar surface area (TPSA) is 142 Å². The summed E-state index contributed by atoms with van der Waals surface area (Å²) < 4.78 is 4.88. The van der Waals surface area contributed by atoms with E-state index < -0.39 is 39.7 Å². The van der Waals surface area contributed by atoms with Crippen molar-refractivity contribution in [3.8, 4) is 0 Å². The number of carbonyl (C=O) groups is 2. The Kier molecular flexibility index (Phi) is 6.60. The molecular weight excluding hydrogens is 382 g/mol. The summed E-state index contributed by atoms with van der Waals surface area (Å²) >= 11 is 0. The second kappa shape index (κ2) is 8.91. The number of carbonyl (C=O) groups excluding carboxylic acids is 2. The van der Waals surface area contributed by atoms with Gasteiger partial charge in [0.2, 0.25) is 0 Å². The fourth-order valence-electron chi connectivity index (χ4n) is 2.70. The van der Waals surface area contributed by atoms with E-state index in [1.807, 2.05) is 26.0 Å². The van der Waals surface area contributed by atoms with Crippen LogP contribution in [0.3, 0.4) is 0 Å². The Balaban J connectivity index is 2.14. The number of anilines is 1. The molecule has 0 spiro atoms. The van der Waals surface area contributed by atoms with Crippen molar-refractivity contribution < 1.29 is 24.2 Å². The Hall–Kier alpha value is -3.82. The third-order valence-electron chi connectivity index (χ3n) is 4.17. The second-order valence-corrected chi connectivity index (χ2v) is 6.52. The summed E-state index contributed by atoms with van der Waals surface area (Å²) in [7, 11) is 0. The number of hydrogen-bond donors (Lipinski definition) is 1. The van der Waals surface area contributed by atoms with Crippen LogP contribution in [0.5, 0.6) is 0 Å². The highest BCUT2D eigenvalue weighted by Crippen LogP contribution is 2.29. The molecular formula is C19H19N3O7. The number of nitro groups is 2. The Morgan fingerprint density at radius 1 is 1.07 bits per heavy atom. The largest absolute Gasteiger partial charge is 0.452 e. The minimum Gasteiger partial charge on any atom is -0.452 e. The molecule has 29 heavy (non-hydrogen) atoms. The zero-order valence-electron chi connectivity index (χ0n) is 16.0. The van der Waals surface area contributed by atoms with Gasteiger partial charge in [-0.3, -0.25) is 25.0 Å². The molecule has 0 unspecified atom stereocenters. The Morgan fingerprint density at radius 2 is 1.62 bits per heavy atom. The molecule has 152 valence electrons. The number of ether oxygens (including phenoxy) is 1. The highest BCUT2D eigenvalue weighted by atomic mass is 16.6. The molecule has 10 nitrogen and oxygen atoms in total. The maximum Gasteiger partial charge on any atom is 0.339 e. The maximum atomic E-state index is 12.2. The number of nitrogens with zero attached hydrogens (tertiary/aromatic N) is 2. The van der Waals surface area contributed by atoms with Crippen LogP contribution in [0.4, 0.5) is 17.1 Å². The quantitative estimate of drug-likeness (QED) is 0.423. The summed E-state index contributed by atoms with van der Waals surface area (Å²) in [5.41, 5.74) is -0.256. The van der Waals surface area contributed by atoms with E-state index in [9.17, 15) is 29.8 Å². The van der Waals surface area contributed by atoms with E-state index in [-0.39, 0.29) is 17.0 Å². The summed E-state index contributed by atoms with van der Waals surface area (Å²) in [6, 6.07) is 8.92. The van der Waals surface area contributed by atoms with E-state index in [0.717, 1.165) is 17.7 Å². The fourth-order valence-corrected chi connectivity index (χ4v) is 2.70. The van der Waals surface area contributed by atoms with Crippen molar-refractivity contribution in [3.05, 3.63) is 73.3 Å². The summed E-state index contributed by atoms with van der Waals surface area (Å²) in [6.07, 6.45) is 0. The minimum absolute atomic E-state index is 0.155. The SMILES string of the molecule is Cc1c([N+](=O)[O-])cc(C(=O)OCC(=O)Nc2ccccc2C(C)C)cc1[N+](=O)[O-]. The lowest BCUT2D eigenvalue weighted by Gasteiger charge is -2.13. The van der Waals surface area contributed by atoms with Crippen molar-refractivity contribution in [1.82, 2.24) is 0 Å². The number of nitrogens with one attached hydrogen (secondary N) is 1. The van der Waals surface area contributed by atoms with Gasteiger partial charge in [0, 0.05) is 17.8 Å². The minimum atomic E-state index is -1.08. The standard InChI is InChI=1S/C19H19N3O7/c1-11(2)14-6-4-5-7-15(14)20-18(23)10-29-19(24)13-8-16(21(25)26)12(3)17(9-13)22(27)28/h4-9,11H,10H2,1-3H3,(H,20,23). The summed E-state index contributed by atoms with van der Waals surface area (Å²) in [6.45, 7) is 4.48.